The van der Waals surface area contributed by atoms with Crippen LogP contribution in [0.1, 0.15) is 16.8 Å². The summed E-state index contributed by atoms with van der Waals surface area (Å²) in [7, 11) is -4.33. The highest BCUT2D eigenvalue weighted by atomic mass is 32.2. The molecule has 14 heteroatoms. The van der Waals surface area contributed by atoms with Crippen LogP contribution in [-0.2, 0) is 10.0 Å². The number of rotatable bonds is 9. The third-order valence-electron chi connectivity index (χ3n) is 3.56. The number of carbonyl (C=O) groups excluding carboxylic acids is 2. The minimum Gasteiger partial charge on any atom is -0.484 e. The first-order valence-corrected chi connectivity index (χ1v) is 10.4. The molecule has 174 valence electrons. The quantitative estimate of drug-likeness (QED) is 0.462. The number of aromatic nitrogens is 1. The third-order valence-corrected chi connectivity index (χ3v) is 4.91. The minimum absolute atomic E-state index is 0.110. The fourth-order valence-corrected chi connectivity index (χ4v) is 3.07. The molecular weight excluding hydrogens is 459 g/mol. The van der Waals surface area contributed by atoms with Gasteiger partial charge in [0.1, 0.15) is 5.75 Å². The number of nitrogens with zero attached hydrogens (tertiary/aromatic N) is 1. The van der Waals surface area contributed by atoms with Crippen molar-refractivity contribution in [3.8, 4) is 11.6 Å². The third kappa shape index (κ3) is 8.03. The molecule has 0 radical (unpaired) electrons. The molecule has 0 unspecified atom stereocenters. The van der Waals surface area contributed by atoms with E-state index in [0.29, 0.717) is 6.42 Å². The second kappa shape index (κ2) is 10.8. The van der Waals surface area contributed by atoms with Gasteiger partial charge in [0.2, 0.25) is 5.88 Å². The predicted octanol–water partition coefficient (Wildman–Crippen LogP) is 1.61. The van der Waals surface area contributed by atoms with Crippen LogP contribution in [0, 0.1) is 0 Å². The van der Waals surface area contributed by atoms with E-state index in [1.165, 1.54) is 12.1 Å². The number of halogens is 3. The molecule has 0 saturated heterocycles. The minimum atomic E-state index is -4.54. The first kappa shape index (κ1) is 24.9. The molecule has 0 spiro atoms. The molecule has 1 aromatic heterocycles. The van der Waals surface area contributed by atoms with Gasteiger partial charge in [-0.2, -0.15) is 13.2 Å². The lowest BCUT2D eigenvalue weighted by molar-refractivity contribution is -0.153. The van der Waals surface area contributed by atoms with Gasteiger partial charge in [0.25, 0.3) is 15.9 Å². The number of nitrogens with one attached hydrogen (secondary N) is 2. The van der Waals surface area contributed by atoms with Crippen LogP contribution in [0.25, 0.3) is 0 Å². The zero-order chi connectivity index (χ0) is 23.8. The molecule has 0 aliphatic carbocycles. The Bertz CT molecular complexity index is 1030. The number of aliphatic hydroxyl groups excluding tert-OH is 1. The number of carbonyl (C=O) groups is 2. The average Bonchev–Trinajstić information content (AvgIpc) is 2.72. The van der Waals surface area contributed by atoms with Crippen LogP contribution in [-0.4, -0.2) is 56.4 Å². The lowest BCUT2D eigenvalue weighted by atomic mass is 10.3. The van der Waals surface area contributed by atoms with E-state index in [-0.39, 0.29) is 35.2 Å². The predicted molar refractivity (Wildman–Crippen MR) is 103 cm³/mol. The average molecular weight is 477 g/mol. The van der Waals surface area contributed by atoms with Crippen LogP contribution < -0.4 is 19.5 Å². The van der Waals surface area contributed by atoms with Gasteiger partial charge in [-0.15, -0.1) is 0 Å². The number of aliphatic hydroxyl groups is 1. The Labute approximate surface area is 180 Å². The maximum Gasteiger partial charge on any atom is 0.422 e. The second-order valence-electron chi connectivity index (χ2n) is 6.09. The molecule has 1 aromatic carbocycles. The van der Waals surface area contributed by atoms with Crippen LogP contribution in [0.5, 0.6) is 11.6 Å². The summed E-state index contributed by atoms with van der Waals surface area (Å²) in [6, 6.07) is 6.33. The molecule has 0 aliphatic rings. The van der Waals surface area contributed by atoms with E-state index in [2.05, 4.69) is 15.0 Å². The van der Waals surface area contributed by atoms with Gasteiger partial charge in [0.15, 0.2) is 6.61 Å². The summed E-state index contributed by atoms with van der Waals surface area (Å²) in [5.74, 6) is -1.39. The number of amides is 2. The van der Waals surface area contributed by atoms with Gasteiger partial charge in [0.05, 0.1) is 10.5 Å². The first-order chi connectivity index (χ1) is 15.0. The molecule has 0 aliphatic heterocycles. The Morgan fingerprint density at radius 3 is 2.34 bits per heavy atom. The molecule has 0 atom stereocenters. The summed E-state index contributed by atoms with van der Waals surface area (Å²) in [5.41, 5.74) is -0.160. The van der Waals surface area contributed by atoms with Crippen LogP contribution in [0.4, 0.5) is 18.0 Å². The monoisotopic (exact) mass is 477 g/mol. The lowest BCUT2D eigenvalue weighted by Crippen LogP contribution is -2.31. The summed E-state index contributed by atoms with van der Waals surface area (Å²) in [4.78, 5) is 27.0. The van der Waals surface area contributed by atoms with E-state index in [4.69, 9.17) is 9.84 Å². The topological polar surface area (TPSA) is 144 Å². The van der Waals surface area contributed by atoms with E-state index in [1.807, 2.05) is 0 Å². The highest BCUT2D eigenvalue weighted by Gasteiger charge is 2.28. The van der Waals surface area contributed by atoms with Gasteiger partial charge < -0.3 is 19.9 Å². The van der Waals surface area contributed by atoms with Gasteiger partial charge in [-0.05, 0) is 36.8 Å². The van der Waals surface area contributed by atoms with Crippen LogP contribution in [0.15, 0.2) is 47.5 Å². The molecule has 10 nitrogen and oxygen atoms in total. The molecule has 3 N–H and O–H groups in total. The van der Waals surface area contributed by atoms with Crippen LogP contribution in [0.3, 0.4) is 0 Å². The van der Waals surface area contributed by atoms with Crippen molar-refractivity contribution >= 4 is 22.0 Å². The summed E-state index contributed by atoms with van der Waals surface area (Å²) < 4.78 is 72.2. The standard InChI is InChI=1S/C18H18F3N3O7S/c19-18(20,21)11-30-13-3-5-14(6-4-13)32(28,29)24-16(26)12-2-7-15(23-10-12)31-17(27)22-8-1-9-25/h2-7,10,25H,1,8-9,11H2,(H,22,27)(H,24,26). The molecule has 2 aromatic rings. The van der Waals surface area contributed by atoms with Crippen molar-refractivity contribution in [1.29, 1.82) is 0 Å². The summed E-state index contributed by atoms with van der Waals surface area (Å²) in [5, 5.41) is 11.0. The number of sulfonamides is 1. The number of alkyl halides is 3. The number of hydrogen-bond acceptors (Lipinski definition) is 8. The normalized spacial score (nSPS) is 11.5. The van der Waals surface area contributed by atoms with Gasteiger partial charge in [-0.3, -0.25) is 4.79 Å². The van der Waals surface area contributed by atoms with E-state index in [1.54, 1.807) is 4.72 Å². The zero-order valence-electron chi connectivity index (χ0n) is 16.3. The second-order valence-corrected chi connectivity index (χ2v) is 7.77. The highest BCUT2D eigenvalue weighted by Crippen LogP contribution is 2.20. The van der Waals surface area contributed by atoms with E-state index >= 15 is 0 Å². The SMILES string of the molecule is O=C(NCCCO)Oc1ccc(C(=O)NS(=O)(=O)c2ccc(OCC(F)(F)F)cc2)cn1. The van der Waals surface area contributed by atoms with Gasteiger partial charge in [0, 0.05) is 25.4 Å². The Kier molecular flexibility index (Phi) is 8.37. The number of hydrogen-bond donors (Lipinski definition) is 3. The smallest absolute Gasteiger partial charge is 0.422 e. The summed E-state index contributed by atoms with van der Waals surface area (Å²) in [6.45, 7) is -1.46. The van der Waals surface area contributed by atoms with Crippen molar-refractivity contribution in [3.63, 3.8) is 0 Å². The number of ether oxygens (including phenoxy) is 2. The molecule has 0 fully saturated rings. The van der Waals surface area contributed by atoms with Crippen LogP contribution in [0.2, 0.25) is 0 Å². The van der Waals surface area contributed by atoms with Crippen LogP contribution >= 0.6 is 0 Å². The molecule has 0 saturated carbocycles. The number of benzene rings is 1. The van der Waals surface area contributed by atoms with Crippen molar-refractivity contribution in [3.05, 3.63) is 48.2 Å². The largest absolute Gasteiger partial charge is 0.484 e. The zero-order valence-corrected chi connectivity index (χ0v) is 17.1. The van der Waals surface area contributed by atoms with Gasteiger partial charge in [-0.25, -0.2) is 22.9 Å². The molecule has 0 bridgehead atoms. The van der Waals surface area contributed by atoms with Gasteiger partial charge >= 0.3 is 12.3 Å². The maximum absolute atomic E-state index is 12.3. The highest BCUT2D eigenvalue weighted by molar-refractivity contribution is 7.90. The lowest BCUT2D eigenvalue weighted by Gasteiger charge is -2.10. The van der Waals surface area contributed by atoms with E-state index in [0.717, 1.165) is 30.5 Å². The van der Waals surface area contributed by atoms with Gasteiger partial charge in [-0.1, -0.05) is 0 Å². The molecule has 1 heterocycles. The first-order valence-electron chi connectivity index (χ1n) is 8.89. The Hall–Kier alpha value is -3.39. The van der Waals surface area contributed by atoms with E-state index < -0.39 is 34.8 Å². The Morgan fingerprint density at radius 2 is 1.78 bits per heavy atom. The summed E-state index contributed by atoms with van der Waals surface area (Å²) in [6.07, 6.45) is -4.06. The molecule has 32 heavy (non-hydrogen) atoms. The molecule has 2 rings (SSSR count). The Morgan fingerprint density at radius 1 is 1.09 bits per heavy atom. The Balaban J connectivity index is 1.96. The maximum atomic E-state index is 12.3. The molecule has 2 amide bonds. The summed E-state index contributed by atoms with van der Waals surface area (Å²) >= 11 is 0. The van der Waals surface area contributed by atoms with Crippen molar-refractivity contribution in [2.45, 2.75) is 17.5 Å². The van der Waals surface area contributed by atoms with Crippen molar-refractivity contribution < 1.29 is 45.8 Å². The fourth-order valence-electron chi connectivity index (χ4n) is 2.10. The number of pyridine rings is 1. The fraction of sp³-hybridized carbons (Fsp3) is 0.278. The van der Waals surface area contributed by atoms with Crippen molar-refractivity contribution in [1.82, 2.24) is 15.0 Å². The van der Waals surface area contributed by atoms with E-state index in [9.17, 15) is 31.2 Å². The van der Waals surface area contributed by atoms with Crippen molar-refractivity contribution in [2.75, 3.05) is 19.8 Å². The van der Waals surface area contributed by atoms with Crippen molar-refractivity contribution in [2.24, 2.45) is 0 Å². The molecular formula is C18H18F3N3O7S.